The molecule has 1 amide bonds. The molecule has 1 aliphatic carbocycles. The zero-order chi connectivity index (χ0) is 17.0. The molecule has 0 aromatic heterocycles. The first-order chi connectivity index (χ1) is 10.8. The average molecular weight is 341 g/mol. The van der Waals surface area contributed by atoms with Crippen molar-refractivity contribution in [3.05, 3.63) is 34.4 Å². The highest BCUT2D eigenvalue weighted by Gasteiger charge is 2.23. The van der Waals surface area contributed by atoms with Gasteiger partial charge in [0, 0.05) is 18.2 Å². The van der Waals surface area contributed by atoms with Gasteiger partial charge in [-0.25, -0.2) is 13.1 Å². The van der Waals surface area contributed by atoms with Gasteiger partial charge in [0.25, 0.3) is 5.69 Å². The summed E-state index contributed by atoms with van der Waals surface area (Å²) in [5.41, 5.74) is -0.197. The van der Waals surface area contributed by atoms with Crippen LogP contribution in [0.25, 0.3) is 0 Å². The summed E-state index contributed by atoms with van der Waals surface area (Å²) in [5, 5.41) is 13.4. The molecule has 1 aliphatic rings. The van der Waals surface area contributed by atoms with Crippen LogP contribution in [0.15, 0.2) is 29.2 Å². The molecule has 9 heteroatoms. The molecule has 126 valence electrons. The summed E-state index contributed by atoms with van der Waals surface area (Å²) < 4.78 is 26.3. The number of nitro benzene ring substituents is 1. The second-order valence-corrected chi connectivity index (χ2v) is 7.53. The van der Waals surface area contributed by atoms with Crippen molar-refractivity contribution in [1.29, 1.82) is 0 Å². The molecule has 23 heavy (non-hydrogen) atoms. The number of nitrogens with one attached hydrogen (secondary N) is 2. The molecule has 0 heterocycles. The van der Waals surface area contributed by atoms with Gasteiger partial charge in [0.2, 0.25) is 15.9 Å². The SMILES string of the molecule is C[C@@H]1CC[C@@H](NC(=O)CNS(=O)(=O)c2ccc([N+](=O)[O-])cc2)C1. The maximum Gasteiger partial charge on any atom is 0.269 e. The third-order valence-electron chi connectivity index (χ3n) is 3.84. The minimum absolute atomic E-state index is 0.0985. The summed E-state index contributed by atoms with van der Waals surface area (Å²) in [6, 6.07) is 4.58. The van der Waals surface area contributed by atoms with Gasteiger partial charge in [-0.15, -0.1) is 0 Å². The number of benzene rings is 1. The van der Waals surface area contributed by atoms with Crippen molar-refractivity contribution in [3.8, 4) is 0 Å². The zero-order valence-corrected chi connectivity index (χ0v) is 13.5. The van der Waals surface area contributed by atoms with Crippen molar-refractivity contribution in [1.82, 2.24) is 10.0 Å². The highest BCUT2D eigenvalue weighted by Crippen LogP contribution is 2.24. The second kappa shape index (κ2) is 7.05. The molecule has 0 bridgehead atoms. The molecule has 2 rings (SSSR count). The fourth-order valence-corrected chi connectivity index (χ4v) is 3.59. The maximum absolute atomic E-state index is 12.0. The topological polar surface area (TPSA) is 118 Å². The van der Waals surface area contributed by atoms with Crippen molar-refractivity contribution >= 4 is 21.6 Å². The Labute approximate surface area is 134 Å². The number of carbonyl (C=O) groups excluding carboxylic acids is 1. The largest absolute Gasteiger partial charge is 0.352 e. The van der Waals surface area contributed by atoms with Gasteiger partial charge in [-0.05, 0) is 37.3 Å². The molecule has 1 saturated carbocycles. The van der Waals surface area contributed by atoms with Crippen LogP contribution in [0.5, 0.6) is 0 Å². The summed E-state index contributed by atoms with van der Waals surface area (Å²) in [5.74, 6) is 0.187. The molecule has 1 aromatic carbocycles. The number of amides is 1. The number of hydrogen-bond acceptors (Lipinski definition) is 5. The van der Waals surface area contributed by atoms with Gasteiger partial charge in [-0.1, -0.05) is 6.92 Å². The lowest BCUT2D eigenvalue weighted by molar-refractivity contribution is -0.384. The van der Waals surface area contributed by atoms with Gasteiger partial charge in [-0.2, -0.15) is 0 Å². The average Bonchev–Trinajstić information content (AvgIpc) is 2.90. The molecule has 1 fully saturated rings. The Hall–Kier alpha value is -2.00. The smallest absolute Gasteiger partial charge is 0.269 e. The third kappa shape index (κ3) is 4.73. The van der Waals surface area contributed by atoms with E-state index in [1.807, 2.05) is 0 Å². The lowest BCUT2D eigenvalue weighted by Gasteiger charge is -2.13. The van der Waals surface area contributed by atoms with Crippen molar-refractivity contribution in [2.24, 2.45) is 5.92 Å². The number of nitro groups is 1. The fourth-order valence-electron chi connectivity index (χ4n) is 2.61. The standard InChI is InChI=1S/C14H19N3O5S/c1-10-2-3-11(8-10)16-14(18)9-15-23(21,22)13-6-4-12(5-7-13)17(19)20/h4-7,10-11,15H,2-3,8-9H2,1H3,(H,16,18)/t10-,11-/m1/s1. The maximum atomic E-state index is 12.0. The van der Waals surface area contributed by atoms with Crippen molar-refractivity contribution in [2.75, 3.05) is 6.54 Å². The minimum atomic E-state index is -3.88. The monoisotopic (exact) mass is 341 g/mol. The van der Waals surface area contributed by atoms with Crippen LogP contribution >= 0.6 is 0 Å². The van der Waals surface area contributed by atoms with Crippen LogP contribution in [0.3, 0.4) is 0 Å². The van der Waals surface area contributed by atoms with Gasteiger partial charge in [-0.3, -0.25) is 14.9 Å². The van der Waals surface area contributed by atoms with Gasteiger partial charge in [0.1, 0.15) is 0 Å². The molecule has 8 nitrogen and oxygen atoms in total. The molecular weight excluding hydrogens is 322 g/mol. The lowest BCUT2D eigenvalue weighted by Crippen LogP contribution is -2.41. The minimum Gasteiger partial charge on any atom is -0.352 e. The Bertz CT molecular complexity index is 687. The van der Waals surface area contributed by atoms with Crippen molar-refractivity contribution in [2.45, 2.75) is 37.1 Å². The Balaban J connectivity index is 1.90. The first-order valence-electron chi connectivity index (χ1n) is 7.31. The predicted octanol–water partition coefficient (Wildman–Crippen LogP) is 1.18. The molecule has 0 radical (unpaired) electrons. The van der Waals surface area contributed by atoms with E-state index < -0.39 is 14.9 Å². The molecule has 0 spiro atoms. The van der Waals surface area contributed by atoms with Crippen LogP contribution < -0.4 is 10.0 Å². The highest BCUT2D eigenvalue weighted by molar-refractivity contribution is 7.89. The van der Waals surface area contributed by atoms with Gasteiger partial charge < -0.3 is 5.32 Å². The first-order valence-corrected chi connectivity index (χ1v) is 8.80. The van der Waals surface area contributed by atoms with E-state index in [0.29, 0.717) is 5.92 Å². The molecular formula is C14H19N3O5S. The number of hydrogen-bond donors (Lipinski definition) is 2. The number of nitrogens with zero attached hydrogens (tertiary/aromatic N) is 1. The number of sulfonamides is 1. The molecule has 1 aromatic rings. The van der Waals surface area contributed by atoms with Gasteiger partial charge in [0.05, 0.1) is 16.4 Å². The summed E-state index contributed by atoms with van der Waals surface area (Å²) in [4.78, 5) is 21.6. The Morgan fingerprint density at radius 3 is 2.48 bits per heavy atom. The van der Waals surface area contributed by atoms with E-state index in [1.165, 1.54) is 0 Å². The summed E-state index contributed by atoms with van der Waals surface area (Å²) >= 11 is 0. The van der Waals surface area contributed by atoms with Gasteiger partial charge >= 0.3 is 0 Å². The Morgan fingerprint density at radius 2 is 1.96 bits per heavy atom. The van der Waals surface area contributed by atoms with Gasteiger partial charge in [0.15, 0.2) is 0 Å². The van der Waals surface area contributed by atoms with E-state index in [1.54, 1.807) is 0 Å². The quantitative estimate of drug-likeness (QED) is 0.595. The van der Waals surface area contributed by atoms with Crippen LogP contribution in [-0.4, -0.2) is 31.8 Å². The summed E-state index contributed by atoms with van der Waals surface area (Å²) in [6.07, 6.45) is 2.86. The van der Waals surface area contributed by atoms with Crippen LogP contribution in [0.1, 0.15) is 26.2 Å². The van der Waals surface area contributed by atoms with Crippen LogP contribution in [-0.2, 0) is 14.8 Å². The normalized spacial score (nSPS) is 21.1. The summed E-state index contributed by atoms with van der Waals surface area (Å²) in [6.45, 7) is 1.76. The van der Waals surface area contributed by atoms with Crippen molar-refractivity contribution in [3.63, 3.8) is 0 Å². The fraction of sp³-hybridized carbons (Fsp3) is 0.500. The Morgan fingerprint density at radius 1 is 1.30 bits per heavy atom. The van der Waals surface area contributed by atoms with Crippen LogP contribution in [0, 0.1) is 16.0 Å². The Kier molecular flexibility index (Phi) is 5.32. The first kappa shape index (κ1) is 17.4. The predicted molar refractivity (Wildman–Crippen MR) is 83.2 cm³/mol. The second-order valence-electron chi connectivity index (χ2n) is 5.76. The number of non-ortho nitro benzene ring substituents is 1. The van der Waals surface area contributed by atoms with E-state index >= 15 is 0 Å². The molecule has 2 atom stereocenters. The summed E-state index contributed by atoms with van der Waals surface area (Å²) in [7, 11) is -3.88. The van der Waals surface area contributed by atoms with Crippen LogP contribution in [0.2, 0.25) is 0 Å². The molecule has 2 N–H and O–H groups in total. The zero-order valence-electron chi connectivity index (χ0n) is 12.7. The number of carbonyl (C=O) groups is 1. The third-order valence-corrected chi connectivity index (χ3v) is 5.26. The van der Waals surface area contributed by atoms with E-state index in [0.717, 1.165) is 43.5 Å². The lowest BCUT2D eigenvalue weighted by atomic mass is 10.1. The van der Waals surface area contributed by atoms with Crippen molar-refractivity contribution < 1.29 is 18.1 Å². The highest BCUT2D eigenvalue weighted by atomic mass is 32.2. The van der Waals surface area contributed by atoms with E-state index in [2.05, 4.69) is 17.0 Å². The van der Waals surface area contributed by atoms with Crippen LogP contribution in [0.4, 0.5) is 5.69 Å². The van der Waals surface area contributed by atoms with E-state index in [-0.39, 0.29) is 29.1 Å². The molecule has 0 saturated heterocycles. The van der Waals surface area contributed by atoms with E-state index in [4.69, 9.17) is 0 Å². The van der Waals surface area contributed by atoms with E-state index in [9.17, 15) is 23.3 Å². The molecule has 0 unspecified atom stereocenters. The molecule has 0 aliphatic heterocycles. The number of rotatable bonds is 6.